The number of ether oxygens (including phenoxy) is 1. The Hall–Kier alpha value is -2.64. The third kappa shape index (κ3) is 6.44. The van der Waals surface area contributed by atoms with Gasteiger partial charge < -0.3 is 20.1 Å². The summed E-state index contributed by atoms with van der Waals surface area (Å²) in [7, 11) is 0. The summed E-state index contributed by atoms with van der Waals surface area (Å²) in [6.07, 6.45) is 4.78. The summed E-state index contributed by atoms with van der Waals surface area (Å²) < 4.78 is 8.73. The number of aliphatic hydroxyl groups is 1. The zero-order valence-corrected chi connectivity index (χ0v) is 17.6. The second-order valence-corrected chi connectivity index (χ2v) is 7.81. The molecule has 3 N–H and O–H groups in total. The van der Waals surface area contributed by atoms with Crippen LogP contribution in [0.4, 0.5) is 0 Å². The maximum Gasteiger partial charge on any atom is 0.268 e. The van der Waals surface area contributed by atoms with Crippen molar-refractivity contribution in [2.75, 3.05) is 0 Å². The van der Waals surface area contributed by atoms with Crippen LogP contribution in [0, 0.1) is 0 Å². The minimum Gasteiger partial charge on any atom is -0.489 e. The summed E-state index contributed by atoms with van der Waals surface area (Å²) in [4.78, 5) is 15.0. The Morgan fingerprint density at radius 3 is 2.83 bits per heavy atom. The van der Waals surface area contributed by atoms with Crippen LogP contribution in [0.15, 0.2) is 65.5 Å². The molecule has 1 aromatic heterocycles. The van der Waals surface area contributed by atoms with E-state index in [-0.39, 0.29) is 5.69 Å². The number of nitrogens with zero attached hydrogens (tertiary/aromatic N) is 2. The van der Waals surface area contributed by atoms with Crippen molar-refractivity contribution in [3.8, 4) is 5.75 Å². The van der Waals surface area contributed by atoms with Crippen molar-refractivity contribution in [1.29, 1.82) is 0 Å². The molecular weight excluding hydrogens is 434 g/mol. The second kappa shape index (κ2) is 10.2. The minimum absolute atomic E-state index is 0.203. The van der Waals surface area contributed by atoms with Gasteiger partial charge in [0.15, 0.2) is 0 Å². The van der Waals surface area contributed by atoms with E-state index in [0.717, 1.165) is 34.2 Å². The first-order chi connectivity index (χ1) is 14.0. The summed E-state index contributed by atoms with van der Waals surface area (Å²) in [6.45, 7) is 0.878. The number of amides is 1. The highest BCUT2D eigenvalue weighted by Crippen LogP contribution is 2.22. The van der Waals surface area contributed by atoms with E-state index in [9.17, 15) is 9.90 Å². The van der Waals surface area contributed by atoms with E-state index in [1.165, 1.54) is 6.33 Å². The number of primary amides is 1. The van der Waals surface area contributed by atoms with Gasteiger partial charge in [-0.15, -0.1) is 0 Å². The highest BCUT2D eigenvalue weighted by Gasteiger charge is 2.10. The number of hydrogen-bond donors (Lipinski definition) is 2. The third-order valence-electron chi connectivity index (χ3n) is 4.55. The number of hydrogen-bond acceptors (Lipinski definition) is 4. The van der Waals surface area contributed by atoms with Crippen LogP contribution in [0.1, 0.15) is 34.5 Å². The topological polar surface area (TPSA) is 90.4 Å². The van der Waals surface area contributed by atoms with Gasteiger partial charge >= 0.3 is 0 Å². The van der Waals surface area contributed by atoms with E-state index >= 15 is 0 Å². The highest BCUT2D eigenvalue weighted by molar-refractivity contribution is 9.10. The summed E-state index contributed by atoms with van der Waals surface area (Å²) in [5.41, 5.74) is 7.61. The number of aryl methyl sites for hydroxylation is 1. The Morgan fingerprint density at radius 2 is 2.07 bits per heavy atom. The van der Waals surface area contributed by atoms with Gasteiger partial charge in [0, 0.05) is 17.2 Å². The van der Waals surface area contributed by atoms with E-state index in [1.807, 2.05) is 42.5 Å². The Morgan fingerprint density at radius 1 is 1.24 bits per heavy atom. The first kappa shape index (κ1) is 21.1. The lowest BCUT2D eigenvalue weighted by Gasteiger charge is -2.14. The van der Waals surface area contributed by atoms with Gasteiger partial charge in [-0.2, -0.15) is 0 Å². The van der Waals surface area contributed by atoms with Gasteiger partial charge in [0.05, 0.1) is 12.4 Å². The molecule has 152 valence electrons. The molecule has 1 heterocycles. The van der Waals surface area contributed by atoms with Crippen molar-refractivity contribution in [1.82, 2.24) is 9.55 Å². The van der Waals surface area contributed by atoms with Crippen LogP contribution < -0.4 is 10.5 Å². The van der Waals surface area contributed by atoms with Crippen molar-refractivity contribution < 1.29 is 14.6 Å². The normalized spacial score (nSPS) is 11.9. The Balaban J connectivity index is 1.49. The number of rotatable bonds is 10. The van der Waals surface area contributed by atoms with Crippen LogP contribution in [0.5, 0.6) is 5.75 Å². The molecule has 1 atom stereocenters. The average Bonchev–Trinajstić information content (AvgIpc) is 3.16. The standard InChI is InChI=1S/C22H24BrN3O3/c23-18-8-3-5-16(11-18)14-29-21-10-2-1-6-17(21)7-4-9-19(27)12-26-13-20(22(24)28)25-15-26/h1-3,5-6,8,10-11,13,15,19,27H,4,7,9,12,14H2,(H2,24,28)/t19-/m0/s1. The first-order valence-corrected chi connectivity index (χ1v) is 10.3. The number of carbonyl (C=O) groups is 1. The van der Waals surface area contributed by atoms with Gasteiger partial charge in [-0.25, -0.2) is 4.98 Å². The number of benzene rings is 2. The smallest absolute Gasteiger partial charge is 0.268 e. The molecule has 0 saturated heterocycles. The SMILES string of the molecule is NC(=O)c1cn(C[C@@H](O)CCCc2ccccc2OCc2cccc(Br)c2)cn1. The Bertz CT molecular complexity index is 958. The molecule has 0 saturated carbocycles. The molecule has 3 aromatic rings. The summed E-state index contributed by atoms with van der Waals surface area (Å²) in [5.74, 6) is 0.292. The molecule has 0 aliphatic carbocycles. The van der Waals surface area contributed by atoms with E-state index in [2.05, 4.69) is 27.0 Å². The number of imidazole rings is 1. The molecule has 0 aliphatic rings. The van der Waals surface area contributed by atoms with Gasteiger partial charge in [0.25, 0.3) is 5.91 Å². The molecule has 0 unspecified atom stereocenters. The lowest BCUT2D eigenvalue weighted by atomic mass is 10.0. The number of nitrogens with two attached hydrogens (primary N) is 1. The molecule has 7 heteroatoms. The maximum absolute atomic E-state index is 11.1. The largest absolute Gasteiger partial charge is 0.489 e. The summed E-state index contributed by atoms with van der Waals surface area (Å²) in [6, 6.07) is 16.0. The van der Waals surface area contributed by atoms with Crippen molar-refractivity contribution in [3.63, 3.8) is 0 Å². The quantitative estimate of drug-likeness (QED) is 0.485. The predicted molar refractivity (Wildman–Crippen MR) is 115 cm³/mol. The van der Waals surface area contributed by atoms with Gasteiger partial charge in [0.1, 0.15) is 18.1 Å². The molecule has 0 spiro atoms. The second-order valence-electron chi connectivity index (χ2n) is 6.89. The number of aromatic nitrogens is 2. The minimum atomic E-state index is -0.572. The fraction of sp³-hybridized carbons (Fsp3) is 0.273. The van der Waals surface area contributed by atoms with Crippen LogP contribution >= 0.6 is 15.9 Å². The van der Waals surface area contributed by atoms with Crippen molar-refractivity contribution >= 4 is 21.8 Å². The van der Waals surface area contributed by atoms with E-state index in [0.29, 0.717) is 19.6 Å². The van der Waals surface area contributed by atoms with Crippen molar-refractivity contribution in [3.05, 3.63) is 82.3 Å². The van der Waals surface area contributed by atoms with Gasteiger partial charge in [-0.3, -0.25) is 4.79 Å². The Labute approximate surface area is 178 Å². The molecule has 0 bridgehead atoms. The molecule has 1 amide bonds. The van der Waals surface area contributed by atoms with E-state index < -0.39 is 12.0 Å². The molecular formula is C22H24BrN3O3. The van der Waals surface area contributed by atoms with E-state index in [4.69, 9.17) is 10.5 Å². The molecule has 6 nitrogen and oxygen atoms in total. The predicted octanol–water partition coefficient (Wildman–Crippen LogP) is 3.71. The number of aliphatic hydroxyl groups excluding tert-OH is 1. The third-order valence-corrected chi connectivity index (χ3v) is 5.04. The molecule has 3 rings (SSSR count). The number of halogens is 1. The molecule has 29 heavy (non-hydrogen) atoms. The molecule has 0 radical (unpaired) electrons. The van der Waals surface area contributed by atoms with Crippen LogP contribution in [0.2, 0.25) is 0 Å². The lowest BCUT2D eigenvalue weighted by Crippen LogP contribution is -2.15. The number of carbonyl (C=O) groups excluding carboxylic acids is 1. The average molecular weight is 458 g/mol. The van der Waals surface area contributed by atoms with Gasteiger partial charge in [-0.05, 0) is 48.6 Å². The van der Waals surface area contributed by atoms with Crippen LogP contribution in [0.3, 0.4) is 0 Å². The summed E-state index contributed by atoms with van der Waals surface area (Å²) in [5, 5.41) is 10.3. The lowest BCUT2D eigenvalue weighted by molar-refractivity contribution is 0.0995. The molecule has 0 aliphatic heterocycles. The monoisotopic (exact) mass is 457 g/mol. The zero-order valence-electron chi connectivity index (χ0n) is 16.0. The zero-order chi connectivity index (χ0) is 20.6. The first-order valence-electron chi connectivity index (χ1n) is 9.46. The number of para-hydroxylation sites is 1. The fourth-order valence-corrected chi connectivity index (χ4v) is 3.54. The fourth-order valence-electron chi connectivity index (χ4n) is 3.09. The molecule has 0 fully saturated rings. The van der Waals surface area contributed by atoms with Gasteiger partial charge in [0.2, 0.25) is 0 Å². The van der Waals surface area contributed by atoms with Crippen LogP contribution in [-0.4, -0.2) is 26.7 Å². The van der Waals surface area contributed by atoms with E-state index in [1.54, 1.807) is 10.8 Å². The maximum atomic E-state index is 11.1. The highest BCUT2D eigenvalue weighted by atomic mass is 79.9. The van der Waals surface area contributed by atoms with Crippen molar-refractivity contribution in [2.45, 2.75) is 38.5 Å². The Kier molecular flexibility index (Phi) is 7.43. The van der Waals surface area contributed by atoms with Crippen molar-refractivity contribution in [2.24, 2.45) is 5.73 Å². The molecule has 2 aromatic carbocycles. The van der Waals surface area contributed by atoms with Crippen LogP contribution in [-0.2, 0) is 19.6 Å². The summed E-state index contributed by atoms with van der Waals surface area (Å²) >= 11 is 3.47. The van der Waals surface area contributed by atoms with Gasteiger partial charge in [-0.1, -0.05) is 46.3 Å². The van der Waals surface area contributed by atoms with Crippen LogP contribution in [0.25, 0.3) is 0 Å².